The van der Waals surface area contributed by atoms with Gasteiger partial charge in [-0.05, 0) is 30.6 Å². The second-order valence-electron chi connectivity index (χ2n) is 5.92. The van der Waals surface area contributed by atoms with Gasteiger partial charge >= 0.3 is 0 Å². The predicted octanol–water partition coefficient (Wildman–Crippen LogP) is 3.32. The molecule has 0 aromatic heterocycles. The molecule has 0 saturated carbocycles. The van der Waals surface area contributed by atoms with Crippen molar-refractivity contribution in [3.63, 3.8) is 0 Å². The van der Waals surface area contributed by atoms with E-state index >= 15 is 0 Å². The van der Waals surface area contributed by atoms with Crippen LogP contribution in [0.1, 0.15) is 47.5 Å². The van der Waals surface area contributed by atoms with Gasteiger partial charge in [-0.15, -0.1) is 0 Å². The van der Waals surface area contributed by atoms with Gasteiger partial charge < -0.3 is 10.1 Å². The van der Waals surface area contributed by atoms with Gasteiger partial charge in [-0.3, -0.25) is 0 Å². The number of methoxy groups -OCH3 is 1. The second-order valence-corrected chi connectivity index (χ2v) is 5.92. The van der Waals surface area contributed by atoms with Gasteiger partial charge in [0.25, 0.3) is 0 Å². The molecule has 1 N–H and O–H groups in total. The lowest BCUT2D eigenvalue weighted by Gasteiger charge is -2.24. The molecule has 1 unspecified atom stereocenters. The van der Waals surface area contributed by atoms with Crippen molar-refractivity contribution in [2.75, 3.05) is 20.3 Å². The van der Waals surface area contributed by atoms with Crippen molar-refractivity contribution >= 4 is 0 Å². The fourth-order valence-electron chi connectivity index (χ4n) is 2.11. The molecule has 2 heteroatoms. The maximum Gasteiger partial charge on any atom is 0.0499 e. The highest BCUT2D eigenvalue weighted by molar-refractivity contribution is 4.71. The van der Waals surface area contributed by atoms with Crippen LogP contribution in [0.15, 0.2) is 0 Å². The standard InChI is InChI=1S/C14H31NO/c1-11(2)7-14(8-12(3)4)15-9-13(5)10-16-6/h11-15H,7-10H2,1-6H3. The topological polar surface area (TPSA) is 21.3 Å². The lowest BCUT2D eigenvalue weighted by Crippen LogP contribution is -2.35. The van der Waals surface area contributed by atoms with Crippen LogP contribution in [0, 0.1) is 17.8 Å². The third-order valence-corrected chi connectivity index (χ3v) is 2.72. The van der Waals surface area contributed by atoms with Crippen LogP contribution in [0.2, 0.25) is 0 Å². The van der Waals surface area contributed by atoms with E-state index in [-0.39, 0.29) is 0 Å². The van der Waals surface area contributed by atoms with E-state index in [1.807, 2.05) is 0 Å². The van der Waals surface area contributed by atoms with Gasteiger partial charge in [0.15, 0.2) is 0 Å². The minimum atomic E-state index is 0.604. The molecule has 0 aromatic carbocycles. The molecule has 0 spiro atoms. The Morgan fingerprint density at radius 1 is 0.938 bits per heavy atom. The van der Waals surface area contributed by atoms with E-state index in [9.17, 15) is 0 Å². The van der Waals surface area contributed by atoms with E-state index in [2.05, 4.69) is 39.9 Å². The Labute approximate surface area is 102 Å². The molecule has 1 atom stereocenters. The van der Waals surface area contributed by atoms with Crippen LogP contribution >= 0.6 is 0 Å². The quantitative estimate of drug-likeness (QED) is 0.655. The molecule has 98 valence electrons. The van der Waals surface area contributed by atoms with Crippen LogP contribution in [-0.4, -0.2) is 26.3 Å². The molecule has 2 nitrogen and oxygen atoms in total. The minimum Gasteiger partial charge on any atom is -0.384 e. The first-order valence-electron chi connectivity index (χ1n) is 6.68. The molecule has 0 rings (SSSR count). The van der Waals surface area contributed by atoms with Gasteiger partial charge in [-0.2, -0.15) is 0 Å². The Bertz CT molecular complexity index is 147. The Balaban J connectivity index is 3.90. The van der Waals surface area contributed by atoms with Crippen LogP contribution < -0.4 is 5.32 Å². The second kappa shape index (κ2) is 9.00. The Hall–Kier alpha value is -0.0800. The van der Waals surface area contributed by atoms with Crippen molar-refractivity contribution < 1.29 is 4.74 Å². The molecule has 0 heterocycles. The first-order valence-corrected chi connectivity index (χ1v) is 6.68. The lowest BCUT2D eigenvalue weighted by molar-refractivity contribution is 0.155. The van der Waals surface area contributed by atoms with E-state index < -0.39 is 0 Å². The van der Waals surface area contributed by atoms with Crippen LogP contribution in [0.25, 0.3) is 0 Å². The van der Waals surface area contributed by atoms with E-state index in [0.29, 0.717) is 12.0 Å². The summed E-state index contributed by atoms with van der Waals surface area (Å²) in [6.07, 6.45) is 2.55. The van der Waals surface area contributed by atoms with Crippen LogP contribution in [0.4, 0.5) is 0 Å². The highest BCUT2D eigenvalue weighted by Crippen LogP contribution is 2.13. The van der Waals surface area contributed by atoms with E-state index in [4.69, 9.17) is 4.74 Å². The summed E-state index contributed by atoms with van der Waals surface area (Å²) >= 11 is 0. The molecule has 16 heavy (non-hydrogen) atoms. The summed E-state index contributed by atoms with van der Waals surface area (Å²) in [5.74, 6) is 2.15. The summed E-state index contributed by atoms with van der Waals surface area (Å²) < 4.78 is 5.16. The van der Waals surface area contributed by atoms with E-state index in [1.54, 1.807) is 7.11 Å². The molecule has 0 bridgehead atoms. The highest BCUT2D eigenvalue weighted by Gasteiger charge is 2.13. The van der Waals surface area contributed by atoms with Crippen molar-refractivity contribution in [3.05, 3.63) is 0 Å². The van der Waals surface area contributed by atoms with E-state index in [0.717, 1.165) is 25.0 Å². The van der Waals surface area contributed by atoms with Crippen molar-refractivity contribution in [2.24, 2.45) is 17.8 Å². The summed E-state index contributed by atoms with van der Waals surface area (Å²) in [5.41, 5.74) is 0. The predicted molar refractivity (Wildman–Crippen MR) is 71.7 cm³/mol. The molecule has 0 aromatic rings. The summed E-state index contributed by atoms with van der Waals surface area (Å²) in [6, 6.07) is 0.666. The number of hydrogen-bond acceptors (Lipinski definition) is 2. The SMILES string of the molecule is COCC(C)CNC(CC(C)C)CC(C)C. The average Bonchev–Trinajstić information content (AvgIpc) is 2.13. The van der Waals surface area contributed by atoms with E-state index in [1.165, 1.54) is 12.8 Å². The maximum atomic E-state index is 5.16. The third kappa shape index (κ3) is 9.17. The molecule has 0 radical (unpaired) electrons. The fourth-order valence-corrected chi connectivity index (χ4v) is 2.11. The maximum absolute atomic E-state index is 5.16. The Morgan fingerprint density at radius 3 is 1.81 bits per heavy atom. The molecular formula is C14H31NO. The van der Waals surface area contributed by atoms with Crippen LogP contribution in [0.3, 0.4) is 0 Å². The van der Waals surface area contributed by atoms with Gasteiger partial charge in [0.1, 0.15) is 0 Å². The molecular weight excluding hydrogens is 198 g/mol. The van der Waals surface area contributed by atoms with Crippen LogP contribution in [-0.2, 0) is 4.74 Å². The van der Waals surface area contributed by atoms with Gasteiger partial charge in [-0.25, -0.2) is 0 Å². The van der Waals surface area contributed by atoms with Gasteiger partial charge in [0.2, 0.25) is 0 Å². The average molecular weight is 229 g/mol. The third-order valence-electron chi connectivity index (χ3n) is 2.72. The molecule has 0 fully saturated rings. The van der Waals surface area contributed by atoms with Crippen molar-refractivity contribution in [1.82, 2.24) is 5.32 Å². The summed E-state index contributed by atoms with van der Waals surface area (Å²) in [5, 5.41) is 3.69. The van der Waals surface area contributed by atoms with Crippen molar-refractivity contribution in [1.29, 1.82) is 0 Å². The number of nitrogens with one attached hydrogen (secondary N) is 1. The minimum absolute atomic E-state index is 0.604. The molecule has 0 aliphatic rings. The normalized spacial score (nSPS) is 14.1. The molecule has 0 aliphatic heterocycles. The van der Waals surface area contributed by atoms with Crippen molar-refractivity contribution in [2.45, 2.75) is 53.5 Å². The summed E-state index contributed by atoms with van der Waals surface area (Å²) in [7, 11) is 1.77. The number of ether oxygens (including phenoxy) is 1. The van der Waals surface area contributed by atoms with Crippen molar-refractivity contribution in [3.8, 4) is 0 Å². The summed E-state index contributed by atoms with van der Waals surface area (Å²) in [4.78, 5) is 0. The zero-order valence-corrected chi connectivity index (χ0v) is 12.0. The smallest absolute Gasteiger partial charge is 0.0499 e. The van der Waals surface area contributed by atoms with Gasteiger partial charge in [0.05, 0.1) is 0 Å². The summed E-state index contributed by atoms with van der Waals surface area (Å²) in [6.45, 7) is 13.3. The monoisotopic (exact) mass is 229 g/mol. The molecule has 0 amide bonds. The first-order chi connectivity index (χ1) is 7.45. The van der Waals surface area contributed by atoms with Crippen LogP contribution in [0.5, 0.6) is 0 Å². The molecule has 0 aliphatic carbocycles. The zero-order valence-electron chi connectivity index (χ0n) is 12.0. The highest BCUT2D eigenvalue weighted by atomic mass is 16.5. The fraction of sp³-hybridized carbons (Fsp3) is 1.00. The number of hydrogen-bond donors (Lipinski definition) is 1. The molecule has 0 saturated heterocycles. The lowest BCUT2D eigenvalue weighted by atomic mass is 9.95. The largest absolute Gasteiger partial charge is 0.384 e. The zero-order chi connectivity index (χ0) is 12.6. The first kappa shape index (κ1) is 15.9. The number of rotatable bonds is 9. The Kier molecular flexibility index (Phi) is 8.96. The Morgan fingerprint density at radius 2 is 1.44 bits per heavy atom. The van der Waals surface area contributed by atoms with Gasteiger partial charge in [-0.1, -0.05) is 34.6 Å². The van der Waals surface area contributed by atoms with Gasteiger partial charge in [0, 0.05) is 26.3 Å².